The molecule has 1 fully saturated rings. The first-order valence-corrected chi connectivity index (χ1v) is 8.33. The topological polar surface area (TPSA) is 77.2 Å². The maximum Gasteiger partial charge on any atom is 0.261 e. The average molecular weight is 337 g/mol. The summed E-state index contributed by atoms with van der Waals surface area (Å²) in [5.74, 6) is 1.37. The van der Waals surface area contributed by atoms with Crippen molar-refractivity contribution in [3.63, 3.8) is 0 Å². The van der Waals surface area contributed by atoms with Gasteiger partial charge in [0.15, 0.2) is 0 Å². The van der Waals surface area contributed by atoms with Crippen LogP contribution in [0.3, 0.4) is 0 Å². The van der Waals surface area contributed by atoms with Gasteiger partial charge in [-0.05, 0) is 36.5 Å². The molecule has 0 bridgehead atoms. The molecule has 0 spiro atoms. The highest BCUT2D eigenvalue weighted by Gasteiger charge is 2.23. The van der Waals surface area contributed by atoms with E-state index in [1.165, 1.54) is 29.9 Å². The number of aryl methyl sites for hydroxylation is 1. The Balaban J connectivity index is 1.92. The van der Waals surface area contributed by atoms with Crippen molar-refractivity contribution in [2.75, 3.05) is 6.61 Å². The van der Waals surface area contributed by atoms with Gasteiger partial charge in [-0.2, -0.15) is 0 Å². The van der Waals surface area contributed by atoms with E-state index in [-0.39, 0.29) is 12.2 Å². The first-order valence-electron chi connectivity index (χ1n) is 8.33. The third-order valence-corrected chi connectivity index (χ3v) is 4.53. The molecule has 6 heteroatoms. The fourth-order valence-corrected chi connectivity index (χ4v) is 2.91. The lowest BCUT2D eigenvalue weighted by Gasteiger charge is -2.15. The average Bonchev–Trinajstić information content (AvgIpc) is 3.47. The maximum absolute atomic E-state index is 12.4. The Bertz CT molecular complexity index is 993. The van der Waals surface area contributed by atoms with Crippen LogP contribution in [-0.4, -0.2) is 26.2 Å². The van der Waals surface area contributed by atoms with Gasteiger partial charge < -0.3 is 14.4 Å². The smallest absolute Gasteiger partial charge is 0.261 e. The summed E-state index contributed by atoms with van der Waals surface area (Å²) >= 11 is 0. The van der Waals surface area contributed by atoms with Crippen LogP contribution in [0.4, 0.5) is 0 Å². The van der Waals surface area contributed by atoms with Crippen LogP contribution in [0, 0.1) is 5.92 Å². The quantitative estimate of drug-likeness (QED) is 0.773. The molecule has 0 aliphatic heterocycles. The number of nitrogens with zero attached hydrogens (tertiary/aromatic N) is 3. The molecule has 0 radical (unpaired) electrons. The number of benzene rings is 1. The van der Waals surface area contributed by atoms with Crippen LogP contribution < -0.4 is 10.3 Å². The number of hydrogen-bond donors (Lipinski definition) is 1. The molecule has 6 nitrogen and oxygen atoms in total. The number of pyridine rings is 1. The third-order valence-electron chi connectivity index (χ3n) is 4.53. The molecule has 128 valence electrons. The number of aliphatic hydroxyl groups is 1. The second-order valence-electron chi connectivity index (χ2n) is 6.49. The second kappa shape index (κ2) is 6.29. The molecule has 1 aliphatic carbocycles. The van der Waals surface area contributed by atoms with Crippen molar-refractivity contribution in [2.24, 2.45) is 13.0 Å². The molecule has 2 heterocycles. The van der Waals surface area contributed by atoms with Gasteiger partial charge in [0.1, 0.15) is 12.1 Å². The van der Waals surface area contributed by atoms with E-state index < -0.39 is 0 Å². The molecule has 0 unspecified atom stereocenters. The van der Waals surface area contributed by atoms with E-state index in [1.807, 2.05) is 18.2 Å². The van der Waals surface area contributed by atoms with Crippen molar-refractivity contribution in [3.05, 3.63) is 52.8 Å². The molecule has 1 aliphatic rings. The summed E-state index contributed by atoms with van der Waals surface area (Å²) in [6, 6.07) is 5.62. The van der Waals surface area contributed by atoms with Gasteiger partial charge in [-0.1, -0.05) is 6.07 Å². The van der Waals surface area contributed by atoms with Gasteiger partial charge in [-0.25, -0.2) is 9.97 Å². The first kappa shape index (κ1) is 15.8. The summed E-state index contributed by atoms with van der Waals surface area (Å²) in [7, 11) is 1.71. The van der Waals surface area contributed by atoms with Crippen molar-refractivity contribution >= 4 is 10.9 Å². The minimum Gasteiger partial charge on any atom is -0.493 e. The Morgan fingerprint density at radius 1 is 1.32 bits per heavy atom. The van der Waals surface area contributed by atoms with Gasteiger partial charge in [0.25, 0.3) is 5.56 Å². The molecule has 4 rings (SSSR count). The lowest BCUT2D eigenvalue weighted by Crippen LogP contribution is -2.17. The molecule has 0 amide bonds. The molecular formula is C19H19N3O3. The van der Waals surface area contributed by atoms with E-state index in [2.05, 4.69) is 9.97 Å². The Hall–Kier alpha value is -2.73. The maximum atomic E-state index is 12.4. The van der Waals surface area contributed by atoms with Crippen LogP contribution >= 0.6 is 0 Å². The van der Waals surface area contributed by atoms with Crippen LogP contribution in [0.25, 0.3) is 22.0 Å². The van der Waals surface area contributed by atoms with E-state index in [1.54, 1.807) is 13.2 Å². The van der Waals surface area contributed by atoms with Gasteiger partial charge in [0.2, 0.25) is 0 Å². The summed E-state index contributed by atoms with van der Waals surface area (Å²) in [6.07, 6.45) is 7.15. The fraction of sp³-hybridized carbons (Fsp3) is 0.316. The summed E-state index contributed by atoms with van der Waals surface area (Å²) in [5, 5.41) is 9.98. The van der Waals surface area contributed by atoms with Gasteiger partial charge in [-0.3, -0.25) is 4.79 Å². The van der Waals surface area contributed by atoms with Crippen molar-refractivity contribution in [1.29, 1.82) is 0 Å². The number of aliphatic hydroxyl groups excluding tert-OH is 1. The molecule has 1 saturated carbocycles. The largest absolute Gasteiger partial charge is 0.493 e. The SMILES string of the molecule is Cn1cc(-c2cc(CO)ccc2OCC2CC2)c2ncncc2c1=O. The zero-order chi connectivity index (χ0) is 17.4. The number of fused-ring (bicyclic) bond motifs is 1. The van der Waals surface area contributed by atoms with Crippen LogP contribution in [-0.2, 0) is 13.7 Å². The highest BCUT2D eigenvalue weighted by molar-refractivity contribution is 5.93. The highest BCUT2D eigenvalue weighted by atomic mass is 16.5. The van der Waals surface area contributed by atoms with Gasteiger partial charge in [0.05, 0.1) is 24.1 Å². The fourth-order valence-electron chi connectivity index (χ4n) is 2.91. The molecule has 1 aromatic carbocycles. The summed E-state index contributed by atoms with van der Waals surface area (Å²) in [4.78, 5) is 20.7. The number of ether oxygens (including phenoxy) is 1. The predicted octanol–water partition coefficient (Wildman–Crippen LogP) is 2.28. The second-order valence-corrected chi connectivity index (χ2v) is 6.49. The van der Waals surface area contributed by atoms with Gasteiger partial charge in [0, 0.05) is 30.6 Å². The molecule has 2 aromatic heterocycles. The number of hydrogen-bond acceptors (Lipinski definition) is 5. The first-order chi connectivity index (χ1) is 12.2. The Morgan fingerprint density at radius 2 is 2.16 bits per heavy atom. The lowest BCUT2D eigenvalue weighted by atomic mass is 10.0. The van der Waals surface area contributed by atoms with E-state index in [9.17, 15) is 9.90 Å². The van der Waals surface area contributed by atoms with Crippen LogP contribution in [0.15, 0.2) is 41.7 Å². The Morgan fingerprint density at radius 3 is 2.92 bits per heavy atom. The van der Waals surface area contributed by atoms with E-state index in [0.29, 0.717) is 23.4 Å². The minimum atomic E-state index is -0.141. The molecule has 25 heavy (non-hydrogen) atoms. The van der Waals surface area contributed by atoms with Crippen LogP contribution in [0.5, 0.6) is 5.75 Å². The van der Waals surface area contributed by atoms with Crippen LogP contribution in [0.1, 0.15) is 18.4 Å². The summed E-state index contributed by atoms with van der Waals surface area (Å²) in [6.45, 7) is 0.624. The molecule has 3 aromatic rings. The van der Waals surface area contributed by atoms with E-state index >= 15 is 0 Å². The molecule has 0 saturated heterocycles. The van der Waals surface area contributed by atoms with Gasteiger partial charge in [-0.15, -0.1) is 0 Å². The van der Waals surface area contributed by atoms with Crippen LogP contribution in [0.2, 0.25) is 0 Å². The van der Waals surface area contributed by atoms with Crippen molar-refractivity contribution in [1.82, 2.24) is 14.5 Å². The standard InChI is InChI=1S/C19H19N3O3/c1-22-8-16(18-15(19(22)24)7-20-11-21-18)14-6-13(9-23)4-5-17(14)25-10-12-2-3-12/h4-8,11-12,23H,2-3,9-10H2,1H3. The monoisotopic (exact) mass is 337 g/mol. The van der Waals surface area contributed by atoms with Crippen molar-refractivity contribution in [3.8, 4) is 16.9 Å². The summed E-state index contributed by atoms with van der Waals surface area (Å²) in [5.41, 5.74) is 2.85. The third kappa shape index (κ3) is 3.00. The van der Waals surface area contributed by atoms with Crippen molar-refractivity contribution in [2.45, 2.75) is 19.4 Å². The lowest BCUT2D eigenvalue weighted by molar-refractivity contribution is 0.280. The molecule has 1 N–H and O–H groups in total. The van der Waals surface area contributed by atoms with E-state index in [0.717, 1.165) is 22.4 Å². The van der Waals surface area contributed by atoms with E-state index in [4.69, 9.17) is 4.74 Å². The summed E-state index contributed by atoms with van der Waals surface area (Å²) < 4.78 is 7.55. The predicted molar refractivity (Wildman–Crippen MR) is 94.4 cm³/mol. The highest BCUT2D eigenvalue weighted by Crippen LogP contribution is 2.36. The Kier molecular flexibility index (Phi) is 3.97. The minimum absolute atomic E-state index is 0.0609. The normalized spacial score (nSPS) is 14.0. The Labute approximate surface area is 144 Å². The molecule has 0 atom stereocenters. The molecular weight excluding hydrogens is 318 g/mol. The number of aromatic nitrogens is 3. The van der Waals surface area contributed by atoms with Crippen molar-refractivity contribution < 1.29 is 9.84 Å². The number of rotatable bonds is 5. The zero-order valence-corrected chi connectivity index (χ0v) is 14.0. The zero-order valence-electron chi connectivity index (χ0n) is 14.0. The van der Waals surface area contributed by atoms with Gasteiger partial charge >= 0.3 is 0 Å².